The van der Waals surface area contributed by atoms with Crippen LogP contribution in [0.25, 0.3) is 0 Å². The van der Waals surface area contributed by atoms with E-state index >= 15 is 0 Å². The van der Waals surface area contributed by atoms with Gasteiger partial charge in [-0.3, -0.25) is 4.79 Å². The molecule has 0 amide bonds. The highest BCUT2D eigenvalue weighted by Gasteiger charge is 1.82. The number of aromatic amines is 1. The van der Waals surface area contributed by atoms with Crippen molar-refractivity contribution in [2.45, 2.75) is 0 Å². The molecule has 1 N–H and O–H groups in total. The van der Waals surface area contributed by atoms with Gasteiger partial charge in [0.25, 0.3) is 0 Å². The summed E-state index contributed by atoms with van der Waals surface area (Å²) >= 11 is 2.87. The summed E-state index contributed by atoms with van der Waals surface area (Å²) in [7, 11) is 0. The van der Waals surface area contributed by atoms with E-state index in [4.69, 9.17) is 4.11 Å². The monoisotopic (exact) mass is 176 g/mol. The number of nitrogens with one attached hydrogen (secondary N) is 1. The van der Waals surface area contributed by atoms with Crippen molar-refractivity contribution >= 4 is 15.9 Å². The van der Waals surface area contributed by atoms with E-state index in [0.29, 0.717) is 0 Å². The highest BCUT2D eigenvalue weighted by atomic mass is 79.9. The summed E-state index contributed by atoms with van der Waals surface area (Å²) < 4.78 is 21.3. The molecule has 0 aromatic carbocycles. The van der Waals surface area contributed by atoms with Gasteiger partial charge in [-0.1, -0.05) is 15.9 Å². The minimum absolute atomic E-state index is 0.0613. The Morgan fingerprint density at radius 1 is 1.88 bits per heavy atom. The molecule has 1 rings (SSSR count). The summed E-state index contributed by atoms with van der Waals surface area (Å²) in [6.45, 7) is 0. The minimum Gasteiger partial charge on any atom is -0.329 e. The molecular weight excluding hydrogens is 170 g/mol. The fourth-order valence-electron chi connectivity index (χ4n) is 0.305. The van der Waals surface area contributed by atoms with Crippen LogP contribution in [0.15, 0.2) is 27.5 Å². The molecule has 0 radical (unpaired) electrons. The zero-order valence-corrected chi connectivity index (χ0v) is 5.37. The Labute approximate surface area is 58.9 Å². The van der Waals surface area contributed by atoms with E-state index < -0.39 is 5.56 Å². The quantitative estimate of drug-likeness (QED) is 0.633. The number of hydrogen-bond donors (Lipinski definition) is 1. The van der Waals surface area contributed by atoms with Crippen LogP contribution >= 0.6 is 15.9 Å². The Balaban J connectivity index is 3.59. The van der Waals surface area contributed by atoms with Crippen LogP contribution < -0.4 is 5.56 Å². The lowest BCUT2D eigenvalue weighted by Gasteiger charge is -1.81. The molecule has 1 aromatic heterocycles. The smallest absolute Gasteiger partial charge is 0.249 e. The number of H-pyrrole nitrogens is 1. The molecule has 8 heavy (non-hydrogen) atoms. The van der Waals surface area contributed by atoms with Crippen molar-refractivity contribution in [3.8, 4) is 0 Å². The second-order valence-electron chi connectivity index (χ2n) is 1.14. The van der Waals surface area contributed by atoms with Crippen LogP contribution in [0.1, 0.15) is 4.11 Å². The summed E-state index contributed by atoms with van der Waals surface area (Å²) in [5.41, 5.74) is -0.655. The third-order valence-electron chi connectivity index (χ3n) is 0.572. The first-order chi connectivity index (χ1) is 5.04. The van der Waals surface area contributed by atoms with E-state index in [9.17, 15) is 4.79 Å². The van der Waals surface area contributed by atoms with Crippen molar-refractivity contribution in [3.05, 3.63) is 33.1 Å². The Hall–Kier alpha value is -0.570. The standard InChI is InChI=1S/C5H4BrNO/c6-4-1-2-7-5(8)3-4/h1-3H,(H,7,8)/i1D,2D,3D. The molecule has 0 fully saturated rings. The first-order valence-corrected chi connectivity index (χ1v) is 2.69. The maximum Gasteiger partial charge on any atom is 0.249 e. The third kappa shape index (κ3) is 1.20. The molecule has 0 aliphatic heterocycles. The van der Waals surface area contributed by atoms with Gasteiger partial charge < -0.3 is 4.98 Å². The zero-order chi connectivity index (χ0) is 8.59. The molecule has 1 aromatic rings. The second kappa shape index (κ2) is 2.13. The minimum atomic E-state index is -0.655. The SMILES string of the molecule is [2H]c1[nH]c(=O)c([2H])c(Br)c1[2H]. The molecule has 0 saturated heterocycles. The van der Waals surface area contributed by atoms with Crippen LogP contribution in [0, 0.1) is 0 Å². The van der Waals surface area contributed by atoms with E-state index in [0.717, 1.165) is 0 Å². The second-order valence-corrected chi connectivity index (χ2v) is 1.94. The number of aromatic nitrogens is 1. The van der Waals surface area contributed by atoms with Gasteiger partial charge in [0.2, 0.25) is 5.56 Å². The van der Waals surface area contributed by atoms with E-state index in [1.54, 1.807) is 0 Å². The van der Waals surface area contributed by atoms with E-state index in [1.165, 1.54) is 0 Å². The van der Waals surface area contributed by atoms with E-state index in [2.05, 4.69) is 20.9 Å². The lowest BCUT2D eigenvalue weighted by atomic mass is 10.5. The molecule has 3 heteroatoms. The van der Waals surface area contributed by atoms with Crippen LogP contribution in [0.2, 0.25) is 0 Å². The fraction of sp³-hybridized carbons (Fsp3) is 0. The summed E-state index contributed by atoms with van der Waals surface area (Å²) in [6, 6.07) is -0.486. The van der Waals surface area contributed by atoms with E-state index in [1.807, 2.05) is 0 Å². The lowest BCUT2D eigenvalue weighted by molar-refractivity contribution is 1.23. The largest absolute Gasteiger partial charge is 0.329 e. The molecule has 0 atom stereocenters. The number of pyridine rings is 1. The van der Waals surface area contributed by atoms with Gasteiger partial charge in [0.15, 0.2) is 0 Å². The maximum absolute atomic E-state index is 10.7. The average Bonchev–Trinajstić information content (AvgIpc) is 1.97. The zero-order valence-electron chi connectivity index (χ0n) is 6.79. The van der Waals surface area contributed by atoms with Crippen molar-refractivity contribution < 1.29 is 4.11 Å². The fourth-order valence-corrected chi connectivity index (χ4v) is 0.584. The topological polar surface area (TPSA) is 32.9 Å². The molecule has 0 bridgehead atoms. The molecular formula is C5H4BrNO. The van der Waals surface area contributed by atoms with Gasteiger partial charge in [-0.15, -0.1) is 0 Å². The van der Waals surface area contributed by atoms with Crippen molar-refractivity contribution in [1.29, 1.82) is 0 Å². The highest BCUT2D eigenvalue weighted by Crippen LogP contribution is 2.01. The first kappa shape index (κ1) is 2.82. The number of hydrogen-bond acceptors (Lipinski definition) is 1. The third-order valence-corrected chi connectivity index (χ3v) is 0.968. The predicted molar refractivity (Wildman–Crippen MR) is 34.8 cm³/mol. The van der Waals surface area contributed by atoms with Gasteiger partial charge in [-0.05, 0) is 6.04 Å². The maximum atomic E-state index is 10.7. The predicted octanol–water partition coefficient (Wildman–Crippen LogP) is 1.14. The van der Waals surface area contributed by atoms with Crippen LogP contribution in [-0.4, -0.2) is 4.98 Å². The van der Waals surface area contributed by atoms with Gasteiger partial charge in [0.1, 0.15) is 0 Å². The van der Waals surface area contributed by atoms with Crippen LogP contribution in [-0.2, 0) is 0 Å². The van der Waals surface area contributed by atoms with Gasteiger partial charge in [-0.2, -0.15) is 0 Å². The molecule has 2 nitrogen and oxygen atoms in total. The van der Waals surface area contributed by atoms with Crippen molar-refractivity contribution in [3.63, 3.8) is 0 Å². The van der Waals surface area contributed by atoms with Crippen LogP contribution in [0.4, 0.5) is 0 Å². The summed E-state index contributed by atoms with van der Waals surface area (Å²) in [5, 5.41) is 0. The molecule has 0 unspecified atom stereocenters. The van der Waals surface area contributed by atoms with Crippen molar-refractivity contribution in [2.75, 3.05) is 0 Å². The van der Waals surface area contributed by atoms with Gasteiger partial charge in [0, 0.05) is 16.7 Å². The Bertz CT molecular complexity index is 348. The molecule has 42 valence electrons. The van der Waals surface area contributed by atoms with Gasteiger partial charge in [0.05, 0.1) is 4.11 Å². The molecule has 0 spiro atoms. The van der Waals surface area contributed by atoms with Crippen LogP contribution in [0.3, 0.4) is 0 Å². The Morgan fingerprint density at radius 3 is 3.38 bits per heavy atom. The van der Waals surface area contributed by atoms with Crippen molar-refractivity contribution in [1.82, 2.24) is 4.98 Å². The summed E-state index contributed by atoms with van der Waals surface area (Å²) in [5.74, 6) is 0. The normalized spacial score (nSPS) is 14.4. The number of rotatable bonds is 0. The van der Waals surface area contributed by atoms with Crippen LogP contribution in [0.5, 0.6) is 0 Å². The van der Waals surface area contributed by atoms with Crippen molar-refractivity contribution in [2.24, 2.45) is 0 Å². The molecule has 0 saturated carbocycles. The summed E-state index contributed by atoms with van der Waals surface area (Å²) in [4.78, 5) is 12.8. The molecule has 0 aliphatic carbocycles. The lowest BCUT2D eigenvalue weighted by Crippen LogP contribution is -2.00. The summed E-state index contributed by atoms with van der Waals surface area (Å²) in [6.07, 6.45) is -0.280. The highest BCUT2D eigenvalue weighted by molar-refractivity contribution is 9.10. The average molecular weight is 177 g/mol. The van der Waals surface area contributed by atoms with Gasteiger partial charge in [-0.25, -0.2) is 0 Å². The molecule has 0 aliphatic rings. The van der Waals surface area contributed by atoms with Gasteiger partial charge >= 0.3 is 0 Å². The number of halogens is 1. The first-order valence-electron chi connectivity index (χ1n) is 3.39. The Kier molecular flexibility index (Phi) is 0.753. The van der Waals surface area contributed by atoms with E-state index in [-0.39, 0.29) is 22.7 Å². The molecule has 1 heterocycles. The Morgan fingerprint density at radius 2 is 2.62 bits per heavy atom.